The molecule has 5 heteroatoms. The van der Waals surface area contributed by atoms with Crippen molar-refractivity contribution in [3.63, 3.8) is 0 Å². The summed E-state index contributed by atoms with van der Waals surface area (Å²) in [7, 11) is 0. The molecule has 0 aliphatic carbocycles. The number of carbonyl (C=O) groups excluding carboxylic acids is 1. The number of hydrogen-bond donors (Lipinski definition) is 2. The lowest BCUT2D eigenvalue weighted by molar-refractivity contribution is -0.120. The van der Waals surface area contributed by atoms with Crippen LogP contribution in [0.1, 0.15) is 49.8 Å². The van der Waals surface area contributed by atoms with Gasteiger partial charge in [-0.25, -0.2) is 4.98 Å². The number of rotatable bonds is 5. The SMILES string of the molecule is CCCc1cnc([C@@H]2Cc3ccccc3N2C(=O)[C@H](N)CC)[nH]1. The monoisotopic (exact) mass is 312 g/mol. The van der Waals surface area contributed by atoms with Gasteiger partial charge in [-0.1, -0.05) is 38.5 Å². The maximum absolute atomic E-state index is 12.8. The van der Waals surface area contributed by atoms with Crippen LogP contribution in [0.25, 0.3) is 0 Å². The Hall–Kier alpha value is -2.14. The van der Waals surface area contributed by atoms with Crippen LogP contribution in [0.4, 0.5) is 5.69 Å². The molecule has 0 spiro atoms. The van der Waals surface area contributed by atoms with Gasteiger partial charge in [-0.15, -0.1) is 0 Å². The fourth-order valence-electron chi connectivity index (χ4n) is 3.17. The lowest BCUT2D eigenvalue weighted by Crippen LogP contribution is -2.44. The van der Waals surface area contributed by atoms with Crippen LogP contribution >= 0.6 is 0 Å². The standard InChI is InChI=1S/C18H24N4O/c1-3-7-13-11-20-17(21-13)16-10-12-8-5-6-9-15(12)22(16)18(23)14(19)4-2/h5-6,8-9,11,14,16H,3-4,7,10,19H2,1-2H3,(H,20,21)/t14-,16+/m1/s1. The van der Waals surface area contributed by atoms with Crippen LogP contribution in [0.3, 0.4) is 0 Å². The van der Waals surface area contributed by atoms with Crippen molar-refractivity contribution in [3.8, 4) is 0 Å². The molecule has 0 fully saturated rings. The van der Waals surface area contributed by atoms with Crippen molar-refractivity contribution >= 4 is 11.6 Å². The van der Waals surface area contributed by atoms with Gasteiger partial charge in [0.2, 0.25) is 5.91 Å². The van der Waals surface area contributed by atoms with Gasteiger partial charge in [0, 0.05) is 24.0 Å². The van der Waals surface area contributed by atoms with Crippen molar-refractivity contribution in [3.05, 3.63) is 47.5 Å². The molecule has 3 rings (SSSR count). The van der Waals surface area contributed by atoms with E-state index in [1.165, 1.54) is 5.56 Å². The maximum Gasteiger partial charge on any atom is 0.244 e. The maximum atomic E-state index is 12.8. The largest absolute Gasteiger partial charge is 0.344 e. The highest BCUT2D eigenvalue weighted by molar-refractivity contribution is 5.99. The van der Waals surface area contributed by atoms with Crippen molar-refractivity contribution in [1.29, 1.82) is 0 Å². The third kappa shape index (κ3) is 2.88. The highest BCUT2D eigenvalue weighted by atomic mass is 16.2. The fourth-order valence-corrected chi connectivity index (χ4v) is 3.17. The van der Waals surface area contributed by atoms with E-state index in [0.29, 0.717) is 6.42 Å². The zero-order chi connectivity index (χ0) is 16.4. The minimum absolute atomic E-state index is 0.0316. The molecule has 2 aromatic rings. The number of aromatic amines is 1. The summed E-state index contributed by atoms with van der Waals surface area (Å²) in [5.41, 5.74) is 9.27. The Kier molecular flexibility index (Phi) is 4.48. The Bertz CT molecular complexity index is 694. The van der Waals surface area contributed by atoms with Crippen molar-refractivity contribution < 1.29 is 4.79 Å². The van der Waals surface area contributed by atoms with E-state index in [1.807, 2.05) is 36.2 Å². The first-order chi connectivity index (χ1) is 11.2. The van der Waals surface area contributed by atoms with Crippen molar-refractivity contribution in [2.24, 2.45) is 5.73 Å². The molecule has 1 aromatic carbocycles. The number of benzene rings is 1. The summed E-state index contributed by atoms with van der Waals surface area (Å²) in [6.45, 7) is 4.08. The first kappa shape index (κ1) is 15.7. The van der Waals surface area contributed by atoms with E-state index in [1.54, 1.807) is 0 Å². The van der Waals surface area contributed by atoms with E-state index in [2.05, 4.69) is 23.0 Å². The van der Waals surface area contributed by atoms with Gasteiger partial charge in [0.15, 0.2) is 0 Å². The number of carbonyl (C=O) groups is 1. The second-order valence-electron chi connectivity index (χ2n) is 6.12. The molecule has 0 bridgehead atoms. The summed E-state index contributed by atoms with van der Waals surface area (Å²) in [4.78, 5) is 22.6. The number of H-pyrrole nitrogens is 1. The molecule has 1 aliphatic rings. The van der Waals surface area contributed by atoms with Crippen molar-refractivity contribution in [2.75, 3.05) is 4.90 Å². The van der Waals surface area contributed by atoms with Gasteiger partial charge in [0.05, 0.1) is 12.1 Å². The molecule has 2 atom stereocenters. The van der Waals surface area contributed by atoms with Crippen molar-refractivity contribution in [1.82, 2.24) is 9.97 Å². The Labute approximate surface area is 136 Å². The van der Waals surface area contributed by atoms with E-state index in [9.17, 15) is 4.79 Å². The zero-order valence-corrected chi connectivity index (χ0v) is 13.7. The number of hydrogen-bond acceptors (Lipinski definition) is 3. The molecule has 122 valence electrons. The number of aryl methyl sites for hydroxylation is 1. The highest BCUT2D eigenvalue weighted by Crippen LogP contribution is 2.39. The lowest BCUT2D eigenvalue weighted by Gasteiger charge is -2.26. The second-order valence-corrected chi connectivity index (χ2v) is 6.12. The fraction of sp³-hybridized carbons (Fsp3) is 0.444. The summed E-state index contributed by atoms with van der Waals surface area (Å²) >= 11 is 0. The molecule has 1 aromatic heterocycles. The summed E-state index contributed by atoms with van der Waals surface area (Å²) in [6.07, 6.45) is 5.32. The number of fused-ring (bicyclic) bond motifs is 1. The predicted molar refractivity (Wildman–Crippen MR) is 91.2 cm³/mol. The quantitative estimate of drug-likeness (QED) is 0.891. The minimum Gasteiger partial charge on any atom is -0.344 e. The third-order valence-electron chi connectivity index (χ3n) is 4.45. The van der Waals surface area contributed by atoms with E-state index in [4.69, 9.17) is 5.73 Å². The summed E-state index contributed by atoms with van der Waals surface area (Å²) in [5.74, 6) is 0.817. The molecular weight excluding hydrogens is 288 g/mol. The van der Waals surface area contributed by atoms with Gasteiger partial charge in [-0.05, 0) is 24.5 Å². The summed E-state index contributed by atoms with van der Waals surface area (Å²) < 4.78 is 0. The molecule has 1 amide bonds. The molecule has 23 heavy (non-hydrogen) atoms. The molecule has 3 N–H and O–H groups in total. The third-order valence-corrected chi connectivity index (χ3v) is 4.45. The topological polar surface area (TPSA) is 75.0 Å². The molecule has 0 radical (unpaired) electrons. The van der Waals surface area contributed by atoms with Crippen LogP contribution in [-0.2, 0) is 17.6 Å². The Morgan fingerprint density at radius 2 is 2.22 bits per heavy atom. The average Bonchev–Trinajstić information content (AvgIpc) is 3.17. The molecule has 5 nitrogen and oxygen atoms in total. The number of nitrogens with zero attached hydrogens (tertiary/aromatic N) is 2. The predicted octanol–water partition coefficient (Wildman–Crippen LogP) is 2.73. The molecule has 0 saturated heterocycles. The van der Waals surface area contributed by atoms with Gasteiger partial charge >= 0.3 is 0 Å². The number of nitrogens with one attached hydrogen (secondary N) is 1. The highest BCUT2D eigenvalue weighted by Gasteiger charge is 2.37. The van der Waals surface area contributed by atoms with Crippen molar-refractivity contribution in [2.45, 2.75) is 51.6 Å². The van der Waals surface area contributed by atoms with Crippen LogP contribution < -0.4 is 10.6 Å². The average molecular weight is 312 g/mol. The van der Waals surface area contributed by atoms with Crippen LogP contribution in [0, 0.1) is 0 Å². The molecule has 1 aliphatic heterocycles. The first-order valence-electron chi connectivity index (χ1n) is 8.36. The summed E-state index contributed by atoms with van der Waals surface area (Å²) in [5, 5.41) is 0. The Morgan fingerprint density at radius 1 is 1.43 bits per heavy atom. The van der Waals surface area contributed by atoms with E-state index in [-0.39, 0.29) is 11.9 Å². The molecule has 0 unspecified atom stereocenters. The molecular formula is C18H24N4O. The number of anilines is 1. The first-order valence-corrected chi connectivity index (χ1v) is 8.36. The van der Waals surface area contributed by atoms with Gasteiger partial charge in [-0.3, -0.25) is 9.69 Å². The van der Waals surface area contributed by atoms with E-state index < -0.39 is 6.04 Å². The normalized spacial score (nSPS) is 18.0. The zero-order valence-electron chi connectivity index (χ0n) is 13.7. The van der Waals surface area contributed by atoms with Gasteiger partial charge in [0.25, 0.3) is 0 Å². The number of amides is 1. The lowest BCUT2D eigenvalue weighted by atomic mass is 10.1. The number of nitrogens with two attached hydrogens (primary N) is 1. The smallest absolute Gasteiger partial charge is 0.244 e. The van der Waals surface area contributed by atoms with E-state index >= 15 is 0 Å². The number of aromatic nitrogens is 2. The Balaban J connectivity index is 1.96. The van der Waals surface area contributed by atoms with Gasteiger partial charge < -0.3 is 10.7 Å². The van der Waals surface area contributed by atoms with Crippen LogP contribution in [0.15, 0.2) is 30.5 Å². The minimum atomic E-state index is -0.478. The molecule has 2 heterocycles. The Morgan fingerprint density at radius 3 is 2.96 bits per heavy atom. The van der Waals surface area contributed by atoms with Crippen LogP contribution in [0.5, 0.6) is 0 Å². The second kappa shape index (κ2) is 6.54. The summed E-state index contributed by atoms with van der Waals surface area (Å²) in [6, 6.07) is 7.46. The van der Waals surface area contributed by atoms with Gasteiger partial charge in [0.1, 0.15) is 5.82 Å². The van der Waals surface area contributed by atoms with Gasteiger partial charge in [-0.2, -0.15) is 0 Å². The van der Waals surface area contributed by atoms with Crippen LogP contribution in [-0.4, -0.2) is 21.9 Å². The number of imidazole rings is 1. The van der Waals surface area contributed by atoms with E-state index in [0.717, 1.165) is 36.5 Å². The van der Waals surface area contributed by atoms with Crippen LogP contribution in [0.2, 0.25) is 0 Å². The number of para-hydroxylation sites is 1. The molecule has 0 saturated carbocycles.